The van der Waals surface area contributed by atoms with E-state index in [2.05, 4.69) is 0 Å². The fraction of sp³-hybridized carbons (Fsp3) is 1.00. The molecule has 0 radical (unpaired) electrons. The van der Waals surface area contributed by atoms with Crippen LogP contribution in [0.4, 0.5) is 0 Å². The van der Waals surface area contributed by atoms with E-state index in [0.717, 1.165) is 17.3 Å². The molecule has 0 amide bonds. The average molecular weight is 166 g/mol. The van der Waals surface area contributed by atoms with Crippen LogP contribution in [0.3, 0.4) is 0 Å². The van der Waals surface area contributed by atoms with Gasteiger partial charge in [-0.15, -0.1) is 0 Å². The summed E-state index contributed by atoms with van der Waals surface area (Å²) in [6, 6.07) is 0. The topological polar surface area (TPSA) is 20.2 Å². The van der Waals surface area contributed by atoms with Crippen LogP contribution in [0, 0.1) is 23.2 Å². The van der Waals surface area contributed by atoms with E-state index < -0.39 is 0 Å². The van der Waals surface area contributed by atoms with Crippen LogP contribution in [-0.2, 0) is 0 Å². The number of hydrogen-bond acceptors (Lipinski definition) is 1. The highest BCUT2D eigenvalue weighted by molar-refractivity contribution is 5.11. The van der Waals surface area contributed by atoms with E-state index in [1.54, 1.807) is 0 Å². The van der Waals surface area contributed by atoms with Gasteiger partial charge in [0.2, 0.25) is 0 Å². The number of aliphatic hydroxyl groups excluding tert-OH is 1. The summed E-state index contributed by atoms with van der Waals surface area (Å²) < 4.78 is 0. The van der Waals surface area contributed by atoms with Gasteiger partial charge >= 0.3 is 0 Å². The van der Waals surface area contributed by atoms with E-state index >= 15 is 0 Å². The molecule has 1 N–H and O–H groups in total. The highest BCUT2D eigenvalue weighted by atomic mass is 16.3. The van der Waals surface area contributed by atoms with Crippen molar-refractivity contribution in [3.05, 3.63) is 0 Å². The lowest BCUT2D eigenvalue weighted by Crippen LogP contribution is -2.47. The van der Waals surface area contributed by atoms with Crippen molar-refractivity contribution in [2.45, 2.75) is 38.5 Å². The van der Waals surface area contributed by atoms with Crippen molar-refractivity contribution in [3.8, 4) is 0 Å². The first-order valence-corrected chi connectivity index (χ1v) is 5.48. The highest BCUT2D eigenvalue weighted by Gasteiger charge is 2.61. The molecule has 0 bridgehead atoms. The Morgan fingerprint density at radius 3 is 3.00 bits per heavy atom. The molecule has 4 atom stereocenters. The third-order valence-electron chi connectivity index (χ3n) is 5.02. The van der Waals surface area contributed by atoms with Crippen LogP contribution in [0.1, 0.15) is 38.5 Å². The summed E-state index contributed by atoms with van der Waals surface area (Å²) >= 11 is 0. The molecule has 3 aliphatic carbocycles. The zero-order chi connectivity index (χ0) is 8.18. The lowest BCUT2D eigenvalue weighted by Gasteiger charge is -2.52. The maximum Gasteiger partial charge on any atom is 0.0462 e. The fourth-order valence-electron chi connectivity index (χ4n) is 4.54. The molecule has 0 aromatic heterocycles. The smallest absolute Gasteiger partial charge is 0.0462 e. The second-order valence-corrected chi connectivity index (χ2v) is 5.15. The zero-order valence-corrected chi connectivity index (χ0v) is 7.63. The first kappa shape index (κ1) is 7.37. The Morgan fingerprint density at radius 2 is 2.17 bits per heavy atom. The van der Waals surface area contributed by atoms with Crippen LogP contribution >= 0.6 is 0 Å². The lowest BCUT2D eigenvalue weighted by molar-refractivity contribution is -0.0578. The quantitative estimate of drug-likeness (QED) is 0.633. The summed E-state index contributed by atoms with van der Waals surface area (Å²) in [6.07, 6.45) is 8.71. The summed E-state index contributed by atoms with van der Waals surface area (Å²) in [6.45, 7) is 0.457. The van der Waals surface area contributed by atoms with E-state index in [-0.39, 0.29) is 0 Å². The van der Waals surface area contributed by atoms with Crippen LogP contribution in [-0.4, -0.2) is 11.7 Å². The Bertz CT molecular complexity index is 201. The molecule has 0 aliphatic heterocycles. The first-order chi connectivity index (χ1) is 5.87. The highest BCUT2D eigenvalue weighted by Crippen LogP contribution is 2.69. The first-order valence-electron chi connectivity index (χ1n) is 5.48. The van der Waals surface area contributed by atoms with Crippen LogP contribution in [0.5, 0.6) is 0 Å². The van der Waals surface area contributed by atoms with Crippen molar-refractivity contribution in [2.75, 3.05) is 6.61 Å². The molecule has 0 aromatic rings. The van der Waals surface area contributed by atoms with Crippen LogP contribution in [0.25, 0.3) is 0 Å². The van der Waals surface area contributed by atoms with Crippen LogP contribution in [0.15, 0.2) is 0 Å². The molecule has 3 rings (SSSR count). The van der Waals surface area contributed by atoms with E-state index in [1.807, 2.05) is 0 Å². The molecule has 0 aromatic carbocycles. The summed E-state index contributed by atoms with van der Waals surface area (Å²) in [5.41, 5.74) is 0.757. The molecule has 4 unspecified atom stereocenters. The Labute approximate surface area is 74.2 Å². The zero-order valence-electron chi connectivity index (χ0n) is 7.63. The summed E-state index contributed by atoms with van der Waals surface area (Å²) in [5.74, 6) is 2.67. The third kappa shape index (κ3) is 0.654. The number of rotatable bonds is 1. The van der Waals surface area contributed by atoms with Gasteiger partial charge in [-0.1, -0.05) is 6.42 Å². The largest absolute Gasteiger partial charge is 0.396 e. The molecule has 68 valence electrons. The Hall–Kier alpha value is -0.0400. The molecule has 0 heterocycles. The summed E-state index contributed by atoms with van der Waals surface area (Å²) in [7, 11) is 0. The van der Waals surface area contributed by atoms with Gasteiger partial charge in [-0.25, -0.2) is 0 Å². The van der Waals surface area contributed by atoms with Crippen molar-refractivity contribution in [2.24, 2.45) is 23.2 Å². The second-order valence-electron chi connectivity index (χ2n) is 5.15. The SMILES string of the molecule is OCC1CC23CCCC2CCC13. The molecular weight excluding hydrogens is 148 g/mol. The summed E-state index contributed by atoms with van der Waals surface area (Å²) in [4.78, 5) is 0. The van der Waals surface area contributed by atoms with Crippen molar-refractivity contribution in [1.82, 2.24) is 0 Å². The predicted molar refractivity (Wildman–Crippen MR) is 47.7 cm³/mol. The van der Waals surface area contributed by atoms with E-state index in [4.69, 9.17) is 5.11 Å². The van der Waals surface area contributed by atoms with Crippen molar-refractivity contribution in [3.63, 3.8) is 0 Å². The maximum absolute atomic E-state index is 9.15. The third-order valence-corrected chi connectivity index (χ3v) is 5.02. The van der Waals surface area contributed by atoms with Gasteiger partial charge < -0.3 is 5.11 Å². The van der Waals surface area contributed by atoms with Gasteiger partial charge in [0.15, 0.2) is 0 Å². The standard InChI is InChI=1S/C11H18O/c12-7-8-6-11-5-1-2-9(11)3-4-10(8)11/h8-10,12H,1-7H2. The number of hydrogen-bond donors (Lipinski definition) is 1. The van der Waals surface area contributed by atoms with Crippen LogP contribution < -0.4 is 0 Å². The van der Waals surface area contributed by atoms with E-state index in [0.29, 0.717) is 12.5 Å². The molecule has 12 heavy (non-hydrogen) atoms. The van der Waals surface area contributed by atoms with E-state index in [9.17, 15) is 0 Å². The molecule has 0 saturated heterocycles. The molecular formula is C11H18O. The van der Waals surface area contributed by atoms with Gasteiger partial charge in [0.1, 0.15) is 0 Å². The van der Waals surface area contributed by atoms with Gasteiger partial charge in [-0.05, 0) is 55.3 Å². The normalized spacial score (nSPS) is 56.2. The average Bonchev–Trinajstić information content (AvgIpc) is 2.54. The van der Waals surface area contributed by atoms with Gasteiger partial charge in [0, 0.05) is 6.61 Å². The maximum atomic E-state index is 9.15. The molecule has 1 heteroatoms. The summed E-state index contributed by atoms with van der Waals surface area (Å²) in [5, 5.41) is 9.15. The van der Waals surface area contributed by atoms with Crippen molar-refractivity contribution in [1.29, 1.82) is 0 Å². The lowest BCUT2D eigenvalue weighted by atomic mass is 9.53. The number of aliphatic hydroxyl groups is 1. The fourth-order valence-corrected chi connectivity index (χ4v) is 4.54. The molecule has 3 aliphatic rings. The minimum absolute atomic E-state index is 0.457. The van der Waals surface area contributed by atoms with Gasteiger partial charge in [-0.2, -0.15) is 0 Å². The molecule has 3 saturated carbocycles. The Balaban J connectivity index is 1.84. The van der Waals surface area contributed by atoms with Gasteiger partial charge in [0.05, 0.1) is 0 Å². The minimum atomic E-state index is 0.457. The Kier molecular flexibility index (Phi) is 1.39. The monoisotopic (exact) mass is 166 g/mol. The van der Waals surface area contributed by atoms with Crippen LogP contribution in [0.2, 0.25) is 0 Å². The van der Waals surface area contributed by atoms with Crippen molar-refractivity contribution >= 4 is 0 Å². The predicted octanol–water partition coefficient (Wildman–Crippen LogP) is 2.20. The second kappa shape index (κ2) is 2.25. The van der Waals surface area contributed by atoms with Gasteiger partial charge in [0.25, 0.3) is 0 Å². The van der Waals surface area contributed by atoms with E-state index in [1.165, 1.54) is 38.5 Å². The minimum Gasteiger partial charge on any atom is -0.396 e. The molecule has 3 fully saturated rings. The Morgan fingerprint density at radius 1 is 1.25 bits per heavy atom. The molecule has 1 nitrogen and oxygen atoms in total. The van der Waals surface area contributed by atoms with Gasteiger partial charge in [-0.3, -0.25) is 0 Å². The van der Waals surface area contributed by atoms with Crippen molar-refractivity contribution < 1.29 is 5.11 Å². The molecule has 1 spiro atoms.